The fourth-order valence-electron chi connectivity index (χ4n) is 1.60. The molecule has 0 saturated heterocycles. The van der Waals surface area contributed by atoms with E-state index in [1.165, 1.54) is 22.4 Å². The van der Waals surface area contributed by atoms with Crippen molar-refractivity contribution in [3.63, 3.8) is 0 Å². The van der Waals surface area contributed by atoms with Gasteiger partial charge in [-0.15, -0.1) is 0 Å². The summed E-state index contributed by atoms with van der Waals surface area (Å²) in [5.41, 5.74) is 5.62. The minimum atomic E-state index is 0.764. The fraction of sp³-hybridized carbons (Fsp3) is 0.455. The van der Waals surface area contributed by atoms with Gasteiger partial charge < -0.3 is 10.1 Å². The Labute approximate surface area is 93.8 Å². The van der Waals surface area contributed by atoms with Gasteiger partial charge in [0.15, 0.2) is 0 Å². The van der Waals surface area contributed by atoms with E-state index in [9.17, 15) is 0 Å². The molecule has 1 N–H and O–H groups in total. The number of alkyl halides is 1. The third kappa shape index (κ3) is 2.03. The van der Waals surface area contributed by atoms with E-state index in [-0.39, 0.29) is 0 Å². The van der Waals surface area contributed by atoms with Crippen molar-refractivity contribution in [2.75, 3.05) is 17.9 Å². The lowest BCUT2D eigenvalue weighted by molar-refractivity contribution is 0.411. The van der Waals surface area contributed by atoms with E-state index < -0.39 is 0 Å². The molecule has 0 fully saturated rings. The number of ether oxygens (including phenoxy) is 1. The summed E-state index contributed by atoms with van der Waals surface area (Å²) >= 11 is 3.37. The van der Waals surface area contributed by atoms with Crippen molar-refractivity contribution >= 4 is 21.6 Å². The Bertz CT molecular complexity index is 337. The fourth-order valence-corrected chi connectivity index (χ4v) is 1.88. The van der Waals surface area contributed by atoms with Crippen molar-refractivity contribution in [1.82, 2.24) is 0 Å². The van der Waals surface area contributed by atoms with E-state index >= 15 is 0 Å². The van der Waals surface area contributed by atoms with Gasteiger partial charge in [-0.05, 0) is 43.5 Å². The highest BCUT2D eigenvalue weighted by Crippen LogP contribution is 2.30. The van der Waals surface area contributed by atoms with E-state index in [4.69, 9.17) is 4.74 Å². The second-order valence-electron chi connectivity index (χ2n) is 3.33. The van der Waals surface area contributed by atoms with Crippen molar-refractivity contribution < 1.29 is 4.74 Å². The van der Waals surface area contributed by atoms with Crippen LogP contribution in [0.5, 0.6) is 5.75 Å². The molecule has 14 heavy (non-hydrogen) atoms. The van der Waals surface area contributed by atoms with Crippen LogP contribution in [0.25, 0.3) is 0 Å². The van der Waals surface area contributed by atoms with E-state index in [1.807, 2.05) is 0 Å². The summed E-state index contributed by atoms with van der Waals surface area (Å²) in [6.45, 7) is 6.27. The molecule has 0 aliphatic rings. The van der Waals surface area contributed by atoms with Crippen molar-refractivity contribution in [2.45, 2.75) is 20.8 Å². The highest BCUT2D eigenvalue weighted by Gasteiger charge is 2.09. The van der Waals surface area contributed by atoms with Crippen LogP contribution in [0.15, 0.2) is 6.07 Å². The molecule has 3 heteroatoms. The molecule has 1 aromatic carbocycles. The number of hydrogen-bond donors (Lipinski definition) is 1. The number of nitrogens with one attached hydrogen (secondary N) is 1. The summed E-state index contributed by atoms with van der Waals surface area (Å²) in [5, 5.41) is 3.30. The van der Waals surface area contributed by atoms with Gasteiger partial charge in [0, 0.05) is 5.69 Å². The monoisotopic (exact) mass is 257 g/mol. The van der Waals surface area contributed by atoms with Crippen LogP contribution in [0.4, 0.5) is 5.69 Å². The molecule has 0 aromatic heterocycles. The zero-order valence-electron chi connectivity index (χ0n) is 9.07. The molecule has 0 radical (unpaired) electrons. The first-order valence-corrected chi connectivity index (χ1v) is 5.68. The van der Waals surface area contributed by atoms with E-state index in [2.05, 4.69) is 48.1 Å². The predicted octanol–water partition coefficient (Wildman–Crippen LogP) is 3.38. The Morgan fingerprint density at radius 3 is 2.43 bits per heavy atom. The highest BCUT2D eigenvalue weighted by molar-refractivity contribution is 9.09. The van der Waals surface area contributed by atoms with Gasteiger partial charge in [0.25, 0.3) is 0 Å². The Balaban J connectivity index is 3.26. The van der Waals surface area contributed by atoms with Gasteiger partial charge in [-0.3, -0.25) is 0 Å². The van der Waals surface area contributed by atoms with Crippen LogP contribution in [0.2, 0.25) is 0 Å². The van der Waals surface area contributed by atoms with Crippen LogP contribution in [0.3, 0.4) is 0 Å². The largest absolute Gasteiger partial charge is 0.496 e. The Morgan fingerprint density at radius 1 is 1.29 bits per heavy atom. The average Bonchev–Trinajstić information content (AvgIpc) is 2.18. The van der Waals surface area contributed by atoms with Gasteiger partial charge in [0.2, 0.25) is 0 Å². The van der Waals surface area contributed by atoms with Gasteiger partial charge in [-0.25, -0.2) is 0 Å². The normalized spacial score (nSPS) is 10.1. The minimum absolute atomic E-state index is 0.764. The molecule has 0 unspecified atom stereocenters. The maximum atomic E-state index is 5.30. The molecule has 1 rings (SSSR count). The molecule has 0 saturated carbocycles. The number of benzene rings is 1. The van der Waals surface area contributed by atoms with Crippen molar-refractivity contribution in [1.29, 1.82) is 0 Å². The first-order chi connectivity index (χ1) is 6.61. The van der Waals surface area contributed by atoms with E-state index in [0.29, 0.717) is 0 Å². The van der Waals surface area contributed by atoms with E-state index in [1.54, 1.807) is 7.11 Å². The van der Waals surface area contributed by atoms with Crippen molar-refractivity contribution in [3.8, 4) is 5.75 Å². The molecular formula is C11H16BrNO. The third-order valence-corrected chi connectivity index (χ3v) is 2.79. The van der Waals surface area contributed by atoms with Crippen molar-refractivity contribution in [3.05, 3.63) is 22.8 Å². The Hall–Kier alpha value is -0.700. The second-order valence-corrected chi connectivity index (χ2v) is 3.89. The molecule has 78 valence electrons. The molecule has 0 heterocycles. The standard InChI is InChI=1S/C11H16BrNO/c1-7-5-10(14-4)8(2)9(3)11(7)13-6-12/h5,13H,6H2,1-4H3. The van der Waals surface area contributed by atoms with Crippen LogP contribution in [0.1, 0.15) is 16.7 Å². The van der Waals surface area contributed by atoms with Gasteiger partial charge >= 0.3 is 0 Å². The molecule has 2 nitrogen and oxygen atoms in total. The third-order valence-electron chi connectivity index (χ3n) is 2.51. The smallest absolute Gasteiger partial charge is 0.122 e. The summed E-state index contributed by atoms with van der Waals surface area (Å²) in [6.07, 6.45) is 0. The van der Waals surface area contributed by atoms with E-state index in [0.717, 1.165) is 11.2 Å². The van der Waals surface area contributed by atoms with Crippen LogP contribution >= 0.6 is 15.9 Å². The first kappa shape index (κ1) is 11.4. The number of methoxy groups -OCH3 is 1. The van der Waals surface area contributed by atoms with Crippen LogP contribution in [-0.2, 0) is 0 Å². The van der Waals surface area contributed by atoms with Gasteiger partial charge in [0.05, 0.1) is 12.6 Å². The summed E-state index contributed by atoms with van der Waals surface area (Å²) < 4.78 is 5.30. The SMILES string of the molecule is COc1cc(C)c(NCBr)c(C)c1C. The van der Waals surface area contributed by atoms with Gasteiger partial charge in [-0.1, -0.05) is 15.9 Å². The summed E-state index contributed by atoms with van der Waals surface area (Å²) in [7, 11) is 1.71. The van der Waals surface area contributed by atoms with Gasteiger partial charge in [0.1, 0.15) is 5.75 Å². The topological polar surface area (TPSA) is 21.3 Å². The number of aryl methyl sites for hydroxylation is 1. The molecule has 0 aliphatic heterocycles. The zero-order chi connectivity index (χ0) is 10.7. The maximum Gasteiger partial charge on any atom is 0.122 e. The number of halogens is 1. The van der Waals surface area contributed by atoms with Crippen LogP contribution in [-0.4, -0.2) is 12.6 Å². The summed E-state index contributed by atoms with van der Waals surface area (Å²) in [6, 6.07) is 2.06. The van der Waals surface area contributed by atoms with Crippen molar-refractivity contribution in [2.24, 2.45) is 0 Å². The predicted molar refractivity (Wildman–Crippen MR) is 64.6 cm³/mol. The first-order valence-electron chi connectivity index (χ1n) is 4.56. The summed E-state index contributed by atoms with van der Waals surface area (Å²) in [4.78, 5) is 0. The Morgan fingerprint density at radius 2 is 1.93 bits per heavy atom. The lowest BCUT2D eigenvalue weighted by Crippen LogP contribution is -2.02. The average molecular weight is 258 g/mol. The lowest BCUT2D eigenvalue weighted by atomic mass is 10.0. The molecule has 0 atom stereocenters. The Kier molecular flexibility index (Phi) is 3.81. The molecule has 0 bridgehead atoms. The minimum Gasteiger partial charge on any atom is -0.496 e. The number of rotatable bonds is 3. The maximum absolute atomic E-state index is 5.30. The lowest BCUT2D eigenvalue weighted by Gasteiger charge is -2.16. The van der Waals surface area contributed by atoms with Crippen LogP contribution < -0.4 is 10.1 Å². The molecule has 1 aromatic rings. The summed E-state index contributed by atoms with van der Waals surface area (Å²) in [5.74, 6) is 0.958. The van der Waals surface area contributed by atoms with Crippen LogP contribution in [0, 0.1) is 20.8 Å². The molecular weight excluding hydrogens is 242 g/mol. The quantitative estimate of drug-likeness (QED) is 0.662. The second kappa shape index (κ2) is 4.69. The molecule has 0 amide bonds. The zero-order valence-corrected chi connectivity index (χ0v) is 10.7. The highest BCUT2D eigenvalue weighted by atomic mass is 79.9. The molecule has 0 aliphatic carbocycles. The van der Waals surface area contributed by atoms with Gasteiger partial charge in [-0.2, -0.15) is 0 Å². The number of anilines is 1. The molecule has 0 spiro atoms. The number of hydrogen-bond acceptors (Lipinski definition) is 2.